The van der Waals surface area contributed by atoms with Crippen molar-refractivity contribution in [2.75, 3.05) is 6.79 Å². The van der Waals surface area contributed by atoms with E-state index in [1.807, 2.05) is 25.2 Å². The Labute approximate surface area is 140 Å². The third-order valence-corrected chi connectivity index (χ3v) is 4.51. The van der Waals surface area contributed by atoms with Gasteiger partial charge in [-0.25, -0.2) is 4.98 Å². The molecule has 1 aliphatic carbocycles. The molecule has 2 aliphatic rings. The van der Waals surface area contributed by atoms with Crippen molar-refractivity contribution in [1.82, 2.24) is 20.1 Å². The van der Waals surface area contributed by atoms with Crippen molar-refractivity contribution in [2.24, 2.45) is 13.0 Å². The number of aryl methyl sites for hydroxylation is 2. The zero-order valence-corrected chi connectivity index (χ0v) is 13.6. The second-order valence-electron chi connectivity index (χ2n) is 6.31. The molecule has 1 aromatic heterocycles. The Morgan fingerprint density at radius 1 is 1.38 bits per heavy atom. The maximum atomic E-state index is 12.4. The highest BCUT2D eigenvalue weighted by Gasteiger charge is 2.35. The van der Waals surface area contributed by atoms with E-state index < -0.39 is 0 Å². The molecule has 0 spiro atoms. The minimum Gasteiger partial charge on any atom is -0.454 e. The van der Waals surface area contributed by atoms with Crippen LogP contribution in [0.3, 0.4) is 0 Å². The number of carbonyl (C=O) groups is 1. The summed E-state index contributed by atoms with van der Waals surface area (Å²) in [6.45, 7) is 0.264. The van der Waals surface area contributed by atoms with Gasteiger partial charge < -0.3 is 14.8 Å². The van der Waals surface area contributed by atoms with E-state index in [0.717, 1.165) is 35.7 Å². The standard InChI is InChI=1S/C17H20N4O3/c1-21-17(18-9-19-21)16(12-4-5-12)20-15(22)7-3-11-2-6-13-14(8-11)24-10-23-13/h2,6,8-9,12,16H,3-5,7,10H2,1H3,(H,20,22). The normalized spacial score (nSPS) is 16.9. The van der Waals surface area contributed by atoms with Gasteiger partial charge in [-0.15, -0.1) is 0 Å². The molecule has 0 saturated heterocycles. The summed E-state index contributed by atoms with van der Waals surface area (Å²) in [7, 11) is 1.86. The van der Waals surface area contributed by atoms with Crippen molar-refractivity contribution < 1.29 is 14.3 Å². The van der Waals surface area contributed by atoms with Gasteiger partial charge in [-0.05, 0) is 42.9 Å². The number of benzene rings is 1. The summed E-state index contributed by atoms with van der Waals surface area (Å²) in [5.41, 5.74) is 1.07. The summed E-state index contributed by atoms with van der Waals surface area (Å²) in [4.78, 5) is 16.7. The van der Waals surface area contributed by atoms with E-state index in [1.165, 1.54) is 6.33 Å². The molecule has 126 valence electrons. The van der Waals surface area contributed by atoms with E-state index in [-0.39, 0.29) is 18.7 Å². The van der Waals surface area contributed by atoms with Crippen molar-refractivity contribution in [1.29, 1.82) is 0 Å². The Balaban J connectivity index is 1.36. The molecular formula is C17H20N4O3. The van der Waals surface area contributed by atoms with Gasteiger partial charge in [0.25, 0.3) is 0 Å². The second-order valence-corrected chi connectivity index (χ2v) is 6.31. The van der Waals surface area contributed by atoms with Crippen LogP contribution >= 0.6 is 0 Å². The Hall–Kier alpha value is -2.57. The van der Waals surface area contributed by atoms with Crippen molar-refractivity contribution in [3.8, 4) is 11.5 Å². The number of ether oxygens (including phenoxy) is 2. The monoisotopic (exact) mass is 328 g/mol. The number of carbonyl (C=O) groups excluding carboxylic acids is 1. The second kappa shape index (κ2) is 6.14. The molecule has 7 heteroatoms. The average molecular weight is 328 g/mol. The van der Waals surface area contributed by atoms with Crippen molar-refractivity contribution in [2.45, 2.75) is 31.7 Å². The minimum absolute atomic E-state index is 0.0348. The molecule has 0 bridgehead atoms. The summed E-state index contributed by atoms with van der Waals surface area (Å²) in [5.74, 6) is 2.85. The first kappa shape index (κ1) is 15.0. The molecule has 1 fully saturated rings. The van der Waals surface area contributed by atoms with E-state index in [4.69, 9.17) is 9.47 Å². The van der Waals surface area contributed by atoms with Crippen LogP contribution in [0.4, 0.5) is 0 Å². The fourth-order valence-electron chi connectivity index (χ4n) is 3.01. The summed E-state index contributed by atoms with van der Waals surface area (Å²) in [6, 6.07) is 5.77. The highest BCUT2D eigenvalue weighted by atomic mass is 16.7. The van der Waals surface area contributed by atoms with Crippen molar-refractivity contribution in [3.05, 3.63) is 35.9 Å². The predicted molar refractivity (Wildman–Crippen MR) is 85.5 cm³/mol. The number of hydrogen-bond donors (Lipinski definition) is 1. The third-order valence-electron chi connectivity index (χ3n) is 4.51. The molecule has 1 atom stereocenters. The van der Waals surface area contributed by atoms with Gasteiger partial charge in [-0.2, -0.15) is 5.10 Å². The molecular weight excluding hydrogens is 308 g/mol. The number of fused-ring (bicyclic) bond motifs is 1. The molecule has 0 radical (unpaired) electrons. The topological polar surface area (TPSA) is 78.3 Å². The molecule has 1 aliphatic heterocycles. The van der Waals surface area contributed by atoms with Crippen LogP contribution in [0.1, 0.15) is 36.7 Å². The molecule has 1 aromatic carbocycles. The van der Waals surface area contributed by atoms with E-state index in [1.54, 1.807) is 4.68 Å². The summed E-state index contributed by atoms with van der Waals surface area (Å²) < 4.78 is 12.4. The number of rotatable bonds is 6. The fourth-order valence-corrected chi connectivity index (χ4v) is 3.01. The molecule has 1 saturated carbocycles. The summed E-state index contributed by atoms with van der Waals surface area (Å²) >= 11 is 0. The van der Waals surface area contributed by atoms with Gasteiger partial charge in [-0.3, -0.25) is 9.48 Å². The number of aromatic nitrogens is 3. The molecule has 1 unspecified atom stereocenters. The maximum Gasteiger partial charge on any atom is 0.231 e. The number of nitrogens with one attached hydrogen (secondary N) is 1. The Bertz CT molecular complexity index is 754. The zero-order valence-electron chi connectivity index (χ0n) is 13.6. The van der Waals surface area contributed by atoms with E-state index >= 15 is 0 Å². The van der Waals surface area contributed by atoms with Crippen LogP contribution in [0.15, 0.2) is 24.5 Å². The molecule has 24 heavy (non-hydrogen) atoms. The average Bonchev–Trinajstić information content (AvgIpc) is 3.16. The number of hydrogen-bond acceptors (Lipinski definition) is 5. The quantitative estimate of drug-likeness (QED) is 0.874. The minimum atomic E-state index is -0.0400. The largest absolute Gasteiger partial charge is 0.454 e. The first-order valence-corrected chi connectivity index (χ1v) is 8.22. The lowest BCUT2D eigenvalue weighted by molar-refractivity contribution is -0.122. The van der Waals surface area contributed by atoms with Gasteiger partial charge in [-0.1, -0.05) is 6.07 Å². The van der Waals surface area contributed by atoms with Gasteiger partial charge in [0.05, 0.1) is 6.04 Å². The number of nitrogens with zero attached hydrogens (tertiary/aromatic N) is 3. The van der Waals surface area contributed by atoms with E-state index in [9.17, 15) is 4.79 Å². The third kappa shape index (κ3) is 3.06. The van der Waals surface area contributed by atoms with Crippen molar-refractivity contribution >= 4 is 5.91 Å². The first-order valence-electron chi connectivity index (χ1n) is 8.22. The number of amides is 1. The van der Waals surface area contributed by atoms with Crippen LogP contribution in [-0.2, 0) is 18.3 Å². The smallest absolute Gasteiger partial charge is 0.231 e. The first-order chi connectivity index (χ1) is 11.7. The molecule has 2 heterocycles. The maximum absolute atomic E-state index is 12.4. The van der Waals surface area contributed by atoms with Crippen LogP contribution in [-0.4, -0.2) is 27.5 Å². The van der Waals surface area contributed by atoms with Crippen LogP contribution in [0, 0.1) is 5.92 Å². The van der Waals surface area contributed by atoms with Crippen LogP contribution in [0.5, 0.6) is 11.5 Å². The summed E-state index contributed by atoms with van der Waals surface area (Å²) in [5, 5.41) is 7.24. The highest BCUT2D eigenvalue weighted by molar-refractivity contribution is 5.76. The Kier molecular flexibility index (Phi) is 3.84. The predicted octanol–water partition coefficient (Wildman–Crippen LogP) is 1.74. The van der Waals surface area contributed by atoms with E-state index in [2.05, 4.69) is 15.4 Å². The lowest BCUT2D eigenvalue weighted by Gasteiger charge is -2.17. The lowest BCUT2D eigenvalue weighted by Crippen LogP contribution is -2.32. The SMILES string of the molecule is Cn1ncnc1C(NC(=O)CCc1ccc2c(c1)OCO2)C1CC1. The van der Waals surface area contributed by atoms with Crippen molar-refractivity contribution in [3.63, 3.8) is 0 Å². The Morgan fingerprint density at radius 3 is 2.96 bits per heavy atom. The van der Waals surface area contributed by atoms with Gasteiger partial charge in [0.1, 0.15) is 12.2 Å². The lowest BCUT2D eigenvalue weighted by atomic mass is 10.1. The fraction of sp³-hybridized carbons (Fsp3) is 0.471. The zero-order chi connectivity index (χ0) is 16.5. The highest BCUT2D eigenvalue weighted by Crippen LogP contribution is 2.40. The molecule has 1 amide bonds. The van der Waals surface area contributed by atoms with Gasteiger partial charge >= 0.3 is 0 Å². The molecule has 1 N–H and O–H groups in total. The summed E-state index contributed by atoms with van der Waals surface area (Å²) in [6.07, 6.45) is 4.88. The van der Waals surface area contributed by atoms with Gasteiger partial charge in [0.2, 0.25) is 12.7 Å². The molecule has 4 rings (SSSR count). The van der Waals surface area contributed by atoms with E-state index in [0.29, 0.717) is 18.8 Å². The van der Waals surface area contributed by atoms with Gasteiger partial charge in [0.15, 0.2) is 11.5 Å². The molecule has 7 nitrogen and oxygen atoms in total. The van der Waals surface area contributed by atoms with Gasteiger partial charge in [0, 0.05) is 13.5 Å². The van der Waals surface area contributed by atoms with Crippen LogP contribution in [0.2, 0.25) is 0 Å². The van der Waals surface area contributed by atoms with Crippen LogP contribution in [0.25, 0.3) is 0 Å². The molecule has 2 aromatic rings. The Morgan fingerprint density at radius 2 is 2.21 bits per heavy atom. The van der Waals surface area contributed by atoms with Crippen LogP contribution < -0.4 is 14.8 Å².